The second kappa shape index (κ2) is 12.4. The first-order valence-corrected chi connectivity index (χ1v) is 14.0. The Morgan fingerprint density at radius 3 is 2.33 bits per heavy atom. The second-order valence-corrected chi connectivity index (χ2v) is 10.0. The average Bonchev–Trinajstić information content (AvgIpc) is 3.27. The van der Waals surface area contributed by atoms with Crippen molar-refractivity contribution in [2.75, 3.05) is 41.0 Å². The number of hydrogen-bond acceptors (Lipinski definition) is 8. The summed E-state index contributed by atoms with van der Waals surface area (Å²) in [4.78, 5) is 34.9. The van der Waals surface area contributed by atoms with E-state index in [2.05, 4.69) is 0 Å². The Bertz CT molecular complexity index is 1620. The second-order valence-electron chi connectivity index (χ2n) is 9.01. The van der Waals surface area contributed by atoms with Crippen LogP contribution in [0, 0.1) is 0 Å². The van der Waals surface area contributed by atoms with Crippen LogP contribution in [0.25, 0.3) is 6.08 Å². The number of carbonyl (C=O) groups is 1. The van der Waals surface area contributed by atoms with Crippen LogP contribution in [-0.4, -0.2) is 56.4 Å². The van der Waals surface area contributed by atoms with E-state index in [0.29, 0.717) is 68.9 Å². The van der Waals surface area contributed by atoms with Gasteiger partial charge in [-0.15, -0.1) is 0 Å². The van der Waals surface area contributed by atoms with Gasteiger partial charge in [0.15, 0.2) is 16.3 Å². The van der Waals surface area contributed by atoms with Gasteiger partial charge in [0.1, 0.15) is 17.5 Å². The smallest absolute Gasteiger partial charge is 0.271 e. The number of likely N-dealkylation sites (N-methyl/N-ethyl adjacent to an activating group) is 1. The van der Waals surface area contributed by atoms with Crippen molar-refractivity contribution in [3.8, 4) is 23.0 Å². The Labute approximate surface area is 237 Å². The summed E-state index contributed by atoms with van der Waals surface area (Å²) in [5.41, 5.74) is 2.14. The van der Waals surface area contributed by atoms with Gasteiger partial charge < -0.3 is 23.8 Å². The quantitative estimate of drug-likeness (QED) is 0.374. The van der Waals surface area contributed by atoms with E-state index in [1.54, 1.807) is 49.0 Å². The first-order valence-electron chi connectivity index (χ1n) is 13.2. The summed E-state index contributed by atoms with van der Waals surface area (Å²) >= 11 is 1.27. The van der Waals surface area contributed by atoms with Gasteiger partial charge in [-0.2, -0.15) is 0 Å². The summed E-state index contributed by atoms with van der Waals surface area (Å²) in [6.07, 6.45) is 1.80. The standard InChI is InChI=1S/C30H35N3O6S/c1-8-32(9-2)29(35)26-18(4)31-30-33(27(26)21-17-20(36-5)12-14-22(21)37-6)28(34)25(40-30)16-19-11-13-23(39-10-3)24(15-19)38-7/h11-17,27H,8-10H2,1-7H3/b25-16+/t27-/m1/s1. The minimum atomic E-state index is -0.758. The third-order valence-electron chi connectivity index (χ3n) is 6.82. The fourth-order valence-corrected chi connectivity index (χ4v) is 5.87. The molecule has 0 saturated carbocycles. The Morgan fingerprint density at radius 2 is 1.70 bits per heavy atom. The monoisotopic (exact) mass is 565 g/mol. The number of hydrogen-bond donors (Lipinski definition) is 0. The lowest BCUT2D eigenvalue weighted by Crippen LogP contribution is -2.43. The van der Waals surface area contributed by atoms with Gasteiger partial charge in [0.2, 0.25) is 0 Å². The van der Waals surface area contributed by atoms with Crippen LogP contribution in [0.1, 0.15) is 44.9 Å². The summed E-state index contributed by atoms with van der Waals surface area (Å²) in [5.74, 6) is 2.15. The number of amides is 1. The first kappa shape index (κ1) is 28.9. The topological polar surface area (TPSA) is 91.6 Å². The lowest BCUT2D eigenvalue weighted by atomic mass is 9.93. The molecule has 1 aromatic heterocycles. The Hall–Kier alpha value is -4.05. The highest BCUT2D eigenvalue weighted by Gasteiger charge is 2.36. The molecule has 0 fully saturated rings. The van der Waals surface area contributed by atoms with Crippen molar-refractivity contribution in [1.82, 2.24) is 9.47 Å². The van der Waals surface area contributed by atoms with Crippen molar-refractivity contribution in [1.29, 1.82) is 0 Å². The molecule has 0 unspecified atom stereocenters. The van der Waals surface area contributed by atoms with Crippen LogP contribution >= 0.6 is 11.3 Å². The van der Waals surface area contributed by atoms with Crippen LogP contribution < -0.4 is 33.8 Å². The molecule has 9 nitrogen and oxygen atoms in total. The molecule has 4 rings (SSSR count). The van der Waals surface area contributed by atoms with Crippen molar-refractivity contribution in [2.24, 2.45) is 4.99 Å². The third-order valence-corrected chi connectivity index (χ3v) is 7.80. The Balaban J connectivity index is 1.98. The molecule has 2 heterocycles. The SMILES string of the molecule is CCOc1ccc(/C=c2/sc3n(c2=O)[C@H](c2cc(OC)ccc2OC)C(C(=O)N(CC)CC)=C(C)N=3)cc1OC. The summed E-state index contributed by atoms with van der Waals surface area (Å²) in [6, 6.07) is 10.1. The predicted molar refractivity (Wildman–Crippen MR) is 155 cm³/mol. The van der Waals surface area contributed by atoms with E-state index in [0.717, 1.165) is 5.56 Å². The summed E-state index contributed by atoms with van der Waals surface area (Å²) in [6.45, 7) is 9.14. The molecule has 3 aromatic rings. The molecule has 212 valence electrons. The Kier molecular flexibility index (Phi) is 8.99. The highest BCUT2D eigenvalue weighted by Crippen LogP contribution is 2.38. The van der Waals surface area contributed by atoms with E-state index in [1.165, 1.54) is 11.3 Å². The zero-order valence-electron chi connectivity index (χ0n) is 23.9. The molecule has 0 saturated heterocycles. The Morgan fingerprint density at radius 1 is 1.00 bits per heavy atom. The molecule has 10 heteroatoms. The minimum Gasteiger partial charge on any atom is -0.497 e. The number of allylic oxidation sites excluding steroid dienone is 1. The van der Waals surface area contributed by atoms with E-state index < -0.39 is 6.04 Å². The lowest BCUT2D eigenvalue weighted by molar-refractivity contribution is -0.127. The van der Waals surface area contributed by atoms with Crippen LogP contribution in [0.2, 0.25) is 0 Å². The number of aromatic nitrogens is 1. The average molecular weight is 566 g/mol. The molecule has 0 N–H and O–H groups in total. The van der Waals surface area contributed by atoms with Crippen LogP contribution in [0.5, 0.6) is 23.0 Å². The lowest BCUT2D eigenvalue weighted by Gasteiger charge is -2.30. The number of nitrogens with zero attached hydrogens (tertiary/aromatic N) is 3. The molecule has 1 amide bonds. The maximum Gasteiger partial charge on any atom is 0.271 e. The molecule has 0 spiro atoms. The highest BCUT2D eigenvalue weighted by molar-refractivity contribution is 7.07. The number of fused-ring (bicyclic) bond motifs is 1. The fraction of sp³-hybridized carbons (Fsp3) is 0.367. The molecule has 1 atom stereocenters. The van der Waals surface area contributed by atoms with Gasteiger partial charge in [-0.1, -0.05) is 17.4 Å². The third kappa shape index (κ3) is 5.36. The minimum absolute atomic E-state index is 0.174. The zero-order chi connectivity index (χ0) is 29.0. The molecule has 40 heavy (non-hydrogen) atoms. The highest BCUT2D eigenvalue weighted by atomic mass is 32.1. The van der Waals surface area contributed by atoms with E-state index in [1.807, 2.05) is 52.0 Å². The van der Waals surface area contributed by atoms with Crippen molar-refractivity contribution >= 4 is 23.3 Å². The van der Waals surface area contributed by atoms with Crippen molar-refractivity contribution in [3.05, 3.63) is 78.5 Å². The van der Waals surface area contributed by atoms with Gasteiger partial charge in [-0.05, 0) is 69.7 Å². The van der Waals surface area contributed by atoms with Gasteiger partial charge in [0.25, 0.3) is 11.5 Å². The summed E-state index contributed by atoms with van der Waals surface area (Å²) < 4.78 is 24.4. The first-order chi connectivity index (χ1) is 19.3. The van der Waals surface area contributed by atoms with Crippen LogP contribution in [0.15, 0.2) is 57.5 Å². The van der Waals surface area contributed by atoms with Crippen LogP contribution in [-0.2, 0) is 4.79 Å². The number of carbonyl (C=O) groups excluding carboxylic acids is 1. The van der Waals surface area contributed by atoms with Gasteiger partial charge in [0.05, 0.1) is 43.7 Å². The molecule has 0 bridgehead atoms. The molecule has 2 aromatic carbocycles. The molecular formula is C30H35N3O6S. The predicted octanol–water partition coefficient (Wildman–Crippen LogP) is 3.53. The molecular weight excluding hydrogens is 530 g/mol. The van der Waals surface area contributed by atoms with Gasteiger partial charge in [-0.25, -0.2) is 4.99 Å². The zero-order valence-corrected chi connectivity index (χ0v) is 24.8. The van der Waals surface area contributed by atoms with Gasteiger partial charge >= 0.3 is 0 Å². The summed E-state index contributed by atoms with van der Waals surface area (Å²) in [5, 5.41) is 0. The largest absolute Gasteiger partial charge is 0.497 e. The number of rotatable bonds is 10. The normalized spacial score (nSPS) is 14.9. The van der Waals surface area contributed by atoms with Gasteiger partial charge in [-0.3, -0.25) is 14.2 Å². The maximum atomic E-state index is 14.1. The molecule has 0 radical (unpaired) electrons. The molecule has 1 aliphatic rings. The van der Waals surface area contributed by atoms with E-state index in [4.69, 9.17) is 23.9 Å². The van der Waals surface area contributed by atoms with Crippen LogP contribution in [0.4, 0.5) is 0 Å². The van der Waals surface area contributed by atoms with E-state index in [9.17, 15) is 9.59 Å². The number of benzene rings is 2. The number of methoxy groups -OCH3 is 3. The van der Waals surface area contributed by atoms with E-state index in [-0.39, 0.29) is 11.5 Å². The van der Waals surface area contributed by atoms with Crippen molar-refractivity contribution < 1.29 is 23.7 Å². The number of ether oxygens (including phenoxy) is 4. The number of thiazole rings is 1. The fourth-order valence-electron chi connectivity index (χ4n) is 4.82. The molecule has 0 aliphatic carbocycles. The van der Waals surface area contributed by atoms with Crippen molar-refractivity contribution in [2.45, 2.75) is 33.7 Å². The molecule has 1 aliphatic heterocycles. The van der Waals surface area contributed by atoms with Gasteiger partial charge in [0, 0.05) is 18.7 Å². The maximum absolute atomic E-state index is 14.1. The van der Waals surface area contributed by atoms with Crippen LogP contribution in [0.3, 0.4) is 0 Å². The van der Waals surface area contributed by atoms with E-state index >= 15 is 0 Å². The van der Waals surface area contributed by atoms with Crippen molar-refractivity contribution in [3.63, 3.8) is 0 Å². The summed E-state index contributed by atoms with van der Waals surface area (Å²) in [7, 11) is 4.72.